The maximum Gasteiger partial charge on any atom is 0.271 e. The molecule has 1 unspecified atom stereocenters. The minimum atomic E-state index is -0.0901. The molecule has 3 aliphatic rings. The van der Waals surface area contributed by atoms with Crippen LogP contribution in [0.25, 0.3) is 11.0 Å². The number of aromatic nitrogens is 1. The Morgan fingerprint density at radius 3 is 2.95 bits per heavy atom. The number of hydrogen-bond donors (Lipinski definition) is 1. The van der Waals surface area contributed by atoms with Gasteiger partial charge in [-0.2, -0.15) is 0 Å². The first-order chi connectivity index (χ1) is 10.7. The van der Waals surface area contributed by atoms with E-state index in [1.54, 1.807) is 24.2 Å². The van der Waals surface area contributed by atoms with Gasteiger partial charge in [-0.3, -0.25) is 9.69 Å². The maximum atomic E-state index is 12.5. The summed E-state index contributed by atoms with van der Waals surface area (Å²) in [5, 5.41) is 4.10. The van der Waals surface area contributed by atoms with Gasteiger partial charge in [-0.05, 0) is 37.5 Å². The van der Waals surface area contributed by atoms with Crippen molar-refractivity contribution in [3.8, 4) is 0 Å². The normalized spacial score (nSPS) is 27.2. The van der Waals surface area contributed by atoms with Crippen molar-refractivity contribution in [2.75, 3.05) is 19.3 Å². The molecule has 6 heteroatoms. The number of rotatable bonds is 3. The van der Waals surface area contributed by atoms with Crippen LogP contribution in [0.4, 0.5) is 0 Å². The second kappa shape index (κ2) is 5.59. The van der Waals surface area contributed by atoms with Gasteiger partial charge in [0.2, 0.25) is 0 Å². The molecule has 2 aromatic heterocycles. The zero-order valence-electron chi connectivity index (χ0n) is 12.5. The van der Waals surface area contributed by atoms with Crippen LogP contribution in [0.2, 0.25) is 0 Å². The number of nitrogens with one attached hydrogen (secondary N) is 1. The highest BCUT2D eigenvalue weighted by Crippen LogP contribution is 2.31. The van der Waals surface area contributed by atoms with Crippen molar-refractivity contribution in [2.24, 2.45) is 5.92 Å². The fourth-order valence-electron chi connectivity index (χ4n) is 3.53. The molecule has 0 radical (unpaired) electrons. The second-order valence-corrected chi connectivity index (χ2v) is 6.92. The molecule has 116 valence electrons. The van der Waals surface area contributed by atoms with E-state index in [0.29, 0.717) is 5.69 Å². The molecule has 22 heavy (non-hydrogen) atoms. The van der Waals surface area contributed by atoms with Gasteiger partial charge in [-0.1, -0.05) is 0 Å². The van der Waals surface area contributed by atoms with E-state index in [-0.39, 0.29) is 12.1 Å². The van der Waals surface area contributed by atoms with Crippen LogP contribution in [-0.4, -0.2) is 41.3 Å². The Bertz CT molecular complexity index is 706. The number of carbonyl (C=O) groups excluding carboxylic acids is 1. The average Bonchev–Trinajstić information content (AvgIpc) is 2.98. The van der Waals surface area contributed by atoms with Crippen molar-refractivity contribution < 1.29 is 9.21 Å². The van der Waals surface area contributed by atoms with Crippen molar-refractivity contribution in [3.63, 3.8) is 0 Å². The Morgan fingerprint density at radius 2 is 2.27 bits per heavy atom. The Kier molecular flexibility index (Phi) is 3.58. The van der Waals surface area contributed by atoms with E-state index in [1.165, 1.54) is 12.8 Å². The van der Waals surface area contributed by atoms with E-state index in [1.807, 2.05) is 12.3 Å². The van der Waals surface area contributed by atoms with Gasteiger partial charge in [0.15, 0.2) is 5.58 Å². The molecule has 2 aromatic rings. The number of carbonyl (C=O) groups is 1. The molecular weight excluding hydrogens is 298 g/mol. The summed E-state index contributed by atoms with van der Waals surface area (Å²) in [7, 11) is 0. The van der Waals surface area contributed by atoms with Gasteiger partial charge in [-0.15, -0.1) is 11.8 Å². The lowest BCUT2D eigenvalue weighted by Crippen LogP contribution is -2.56. The molecule has 0 aromatic carbocycles. The lowest BCUT2D eigenvalue weighted by atomic mass is 9.86. The van der Waals surface area contributed by atoms with Gasteiger partial charge >= 0.3 is 0 Å². The summed E-state index contributed by atoms with van der Waals surface area (Å²) in [5.74, 6) is 0.676. The number of furan rings is 1. The van der Waals surface area contributed by atoms with E-state index in [2.05, 4.69) is 15.2 Å². The Balaban J connectivity index is 1.55. The van der Waals surface area contributed by atoms with Gasteiger partial charge < -0.3 is 9.73 Å². The Hall–Kier alpha value is -1.53. The highest BCUT2D eigenvalue weighted by molar-refractivity contribution is 7.98. The molecule has 5 heterocycles. The lowest BCUT2D eigenvalue weighted by Gasteiger charge is -2.45. The standard InChI is InChI=1S/C16H19N3O2S/c1-22-14-9-21-13-8-17-12(7-11(13)14)16(20)18-15-6-10-2-4-19(15)5-3-10/h7-10,15H,2-6H2,1H3,(H,18,20). The molecule has 3 saturated heterocycles. The second-order valence-electron chi connectivity index (χ2n) is 6.07. The highest BCUT2D eigenvalue weighted by Gasteiger charge is 2.34. The fraction of sp³-hybridized carbons (Fsp3) is 0.500. The van der Waals surface area contributed by atoms with Crippen molar-refractivity contribution in [1.82, 2.24) is 15.2 Å². The monoisotopic (exact) mass is 317 g/mol. The molecule has 5 nitrogen and oxygen atoms in total. The first kappa shape index (κ1) is 14.1. The number of pyridine rings is 1. The minimum Gasteiger partial charge on any atom is -0.462 e. The minimum absolute atomic E-state index is 0.0901. The largest absolute Gasteiger partial charge is 0.462 e. The number of hydrogen-bond acceptors (Lipinski definition) is 5. The summed E-state index contributed by atoms with van der Waals surface area (Å²) in [4.78, 5) is 20.2. The first-order valence-corrected chi connectivity index (χ1v) is 8.93. The topological polar surface area (TPSA) is 58.4 Å². The molecule has 1 N–H and O–H groups in total. The highest BCUT2D eigenvalue weighted by atomic mass is 32.2. The Morgan fingerprint density at radius 1 is 1.45 bits per heavy atom. The number of amides is 1. The third-order valence-corrected chi connectivity index (χ3v) is 5.58. The van der Waals surface area contributed by atoms with E-state index >= 15 is 0 Å². The molecule has 0 saturated carbocycles. The molecule has 1 atom stereocenters. The van der Waals surface area contributed by atoms with Crippen LogP contribution in [0.1, 0.15) is 29.8 Å². The predicted molar refractivity (Wildman–Crippen MR) is 86.0 cm³/mol. The van der Waals surface area contributed by atoms with Gasteiger partial charge in [0.25, 0.3) is 5.91 Å². The average molecular weight is 317 g/mol. The number of nitrogens with zero attached hydrogens (tertiary/aromatic N) is 2. The molecule has 3 fully saturated rings. The van der Waals surface area contributed by atoms with Crippen LogP contribution in [0.3, 0.4) is 0 Å². The number of piperidine rings is 3. The molecule has 5 rings (SSSR count). The van der Waals surface area contributed by atoms with Crippen molar-refractivity contribution in [2.45, 2.75) is 30.3 Å². The predicted octanol–water partition coefficient (Wildman–Crippen LogP) is 2.72. The summed E-state index contributed by atoms with van der Waals surface area (Å²) >= 11 is 1.61. The van der Waals surface area contributed by atoms with Crippen molar-refractivity contribution >= 4 is 28.6 Å². The summed E-state index contributed by atoms with van der Waals surface area (Å²) in [6.45, 7) is 2.20. The van der Waals surface area contributed by atoms with Crippen LogP contribution in [0, 0.1) is 5.92 Å². The molecule has 1 amide bonds. The SMILES string of the molecule is CSc1coc2cnc(C(=O)NC3CC4CCN3CC4)cc12. The lowest BCUT2D eigenvalue weighted by molar-refractivity contribution is 0.0293. The molecule has 2 bridgehead atoms. The van der Waals surface area contributed by atoms with Crippen LogP contribution < -0.4 is 5.32 Å². The molecular formula is C16H19N3O2S. The van der Waals surface area contributed by atoms with Crippen molar-refractivity contribution in [1.29, 1.82) is 0 Å². The van der Waals surface area contributed by atoms with Crippen LogP contribution in [0.5, 0.6) is 0 Å². The summed E-state index contributed by atoms with van der Waals surface area (Å²) in [6, 6.07) is 1.83. The van der Waals surface area contributed by atoms with Gasteiger partial charge in [0.05, 0.1) is 17.3 Å². The van der Waals surface area contributed by atoms with Crippen molar-refractivity contribution in [3.05, 3.63) is 24.2 Å². The number of thioether (sulfide) groups is 1. The zero-order valence-corrected chi connectivity index (χ0v) is 13.4. The third-order valence-electron chi connectivity index (χ3n) is 4.82. The molecule has 0 aliphatic carbocycles. The smallest absolute Gasteiger partial charge is 0.271 e. The van der Waals surface area contributed by atoms with E-state index in [4.69, 9.17) is 4.42 Å². The van der Waals surface area contributed by atoms with E-state index in [0.717, 1.165) is 41.3 Å². The zero-order chi connectivity index (χ0) is 15.1. The van der Waals surface area contributed by atoms with E-state index < -0.39 is 0 Å². The Labute approximate surface area is 133 Å². The third kappa shape index (κ3) is 2.40. The van der Waals surface area contributed by atoms with Crippen LogP contribution >= 0.6 is 11.8 Å². The molecule has 3 aliphatic heterocycles. The van der Waals surface area contributed by atoms with Gasteiger partial charge in [0.1, 0.15) is 12.0 Å². The van der Waals surface area contributed by atoms with Gasteiger partial charge in [-0.25, -0.2) is 4.98 Å². The first-order valence-electron chi connectivity index (χ1n) is 7.71. The summed E-state index contributed by atoms with van der Waals surface area (Å²) in [5.41, 5.74) is 1.19. The molecule has 0 spiro atoms. The van der Waals surface area contributed by atoms with Crippen LogP contribution in [-0.2, 0) is 0 Å². The van der Waals surface area contributed by atoms with Gasteiger partial charge in [0, 0.05) is 18.5 Å². The van der Waals surface area contributed by atoms with E-state index in [9.17, 15) is 4.79 Å². The van der Waals surface area contributed by atoms with Crippen LogP contribution in [0.15, 0.2) is 27.8 Å². The summed E-state index contributed by atoms with van der Waals surface area (Å²) < 4.78 is 5.44. The quantitative estimate of drug-likeness (QED) is 0.882. The fourth-order valence-corrected chi connectivity index (χ4v) is 4.06. The summed E-state index contributed by atoms with van der Waals surface area (Å²) in [6.07, 6.45) is 9.11. The number of fused-ring (bicyclic) bond motifs is 4. The maximum absolute atomic E-state index is 12.5.